The Bertz CT molecular complexity index is 696. The van der Waals surface area contributed by atoms with E-state index >= 15 is 0 Å². The van der Waals surface area contributed by atoms with Gasteiger partial charge in [0.2, 0.25) is 0 Å². The second-order valence-electron chi connectivity index (χ2n) is 4.42. The molecule has 1 atom stereocenters. The lowest BCUT2D eigenvalue weighted by atomic mass is 10.2. The van der Waals surface area contributed by atoms with Crippen LogP contribution >= 0.6 is 0 Å². The summed E-state index contributed by atoms with van der Waals surface area (Å²) in [5.41, 5.74) is 0.401. The topological polar surface area (TPSA) is 88.8 Å². The molecule has 1 unspecified atom stereocenters. The van der Waals surface area contributed by atoms with E-state index in [4.69, 9.17) is 13.3 Å². The van der Waals surface area contributed by atoms with E-state index in [0.717, 1.165) is 0 Å². The summed E-state index contributed by atoms with van der Waals surface area (Å²) in [4.78, 5) is 11.7. The Kier molecular flexibility index (Phi) is 3.61. The third-order valence-electron chi connectivity index (χ3n) is 2.96. The molecule has 0 aliphatic heterocycles. The van der Waals surface area contributed by atoms with E-state index in [-0.39, 0.29) is 12.5 Å². The first-order valence-corrected chi connectivity index (χ1v) is 6.36. The normalized spacial score (nSPS) is 12.2. The van der Waals surface area contributed by atoms with Gasteiger partial charge in [0.05, 0.1) is 24.6 Å². The first kappa shape index (κ1) is 13.3. The fourth-order valence-electron chi connectivity index (χ4n) is 1.87. The fraction of sp³-hybridized carbons (Fsp3) is 0.133. The number of aliphatic hydroxyl groups is 1. The number of nitrogens with one attached hydrogen (secondary N) is 1. The highest BCUT2D eigenvalue weighted by Gasteiger charge is 2.16. The largest absolute Gasteiger partial charge is 0.472 e. The minimum atomic E-state index is -0.940. The first-order valence-electron chi connectivity index (χ1n) is 6.36. The van der Waals surface area contributed by atoms with Crippen molar-refractivity contribution in [1.82, 2.24) is 5.32 Å². The third kappa shape index (κ3) is 2.90. The van der Waals surface area contributed by atoms with E-state index in [1.54, 1.807) is 36.6 Å². The van der Waals surface area contributed by atoms with Crippen LogP contribution < -0.4 is 5.32 Å². The first-order chi connectivity index (χ1) is 10.2. The van der Waals surface area contributed by atoms with Crippen LogP contribution in [-0.4, -0.2) is 17.6 Å². The molecule has 0 saturated carbocycles. The predicted molar refractivity (Wildman–Crippen MR) is 72.4 cm³/mol. The van der Waals surface area contributed by atoms with Gasteiger partial charge < -0.3 is 23.7 Å². The Balaban J connectivity index is 1.61. The molecule has 6 heteroatoms. The van der Waals surface area contributed by atoms with Crippen molar-refractivity contribution < 1.29 is 23.2 Å². The number of carbonyl (C=O) groups is 1. The van der Waals surface area contributed by atoms with Crippen LogP contribution in [0.4, 0.5) is 0 Å². The quantitative estimate of drug-likeness (QED) is 0.753. The van der Waals surface area contributed by atoms with Gasteiger partial charge >= 0.3 is 0 Å². The van der Waals surface area contributed by atoms with Gasteiger partial charge in [-0.1, -0.05) is 0 Å². The van der Waals surface area contributed by atoms with Crippen LogP contribution in [0.5, 0.6) is 0 Å². The highest BCUT2D eigenvalue weighted by Crippen LogP contribution is 2.25. The van der Waals surface area contributed by atoms with Gasteiger partial charge in [-0.3, -0.25) is 4.79 Å². The number of hydrogen-bond donors (Lipinski definition) is 2. The van der Waals surface area contributed by atoms with Crippen LogP contribution in [0.1, 0.15) is 22.2 Å². The summed E-state index contributed by atoms with van der Waals surface area (Å²) in [5, 5.41) is 12.6. The Morgan fingerprint density at radius 1 is 1.19 bits per heavy atom. The van der Waals surface area contributed by atoms with Crippen molar-refractivity contribution in [3.63, 3.8) is 0 Å². The van der Waals surface area contributed by atoms with Gasteiger partial charge in [0.15, 0.2) is 11.5 Å². The molecule has 3 heterocycles. The van der Waals surface area contributed by atoms with Crippen molar-refractivity contribution in [1.29, 1.82) is 0 Å². The number of amides is 1. The Hall–Kier alpha value is -2.73. The summed E-state index contributed by atoms with van der Waals surface area (Å²) >= 11 is 0. The molecular weight excluding hydrogens is 274 g/mol. The maximum atomic E-state index is 11.7. The smallest absolute Gasteiger partial charge is 0.254 e. The molecule has 3 aromatic rings. The van der Waals surface area contributed by atoms with Crippen molar-refractivity contribution in [2.24, 2.45) is 0 Å². The van der Waals surface area contributed by atoms with Crippen molar-refractivity contribution in [2.75, 3.05) is 6.54 Å². The maximum absolute atomic E-state index is 11.7. The lowest BCUT2D eigenvalue weighted by Crippen LogP contribution is -2.27. The van der Waals surface area contributed by atoms with Crippen LogP contribution in [0.3, 0.4) is 0 Å². The number of aliphatic hydroxyl groups excluding tert-OH is 1. The van der Waals surface area contributed by atoms with Crippen LogP contribution in [0.25, 0.3) is 11.5 Å². The Labute approximate surface area is 120 Å². The van der Waals surface area contributed by atoms with Crippen molar-refractivity contribution in [3.05, 3.63) is 60.4 Å². The van der Waals surface area contributed by atoms with E-state index < -0.39 is 6.10 Å². The van der Waals surface area contributed by atoms with Crippen LogP contribution in [-0.2, 0) is 0 Å². The predicted octanol–water partition coefficient (Wildman–Crippen LogP) is 2.60. The zero-order chi connectivity index (χ0) is 14.7. The monoisotopic (exact) mass is 287 g/mol. The average Bonchev–Trinajstić information content (AvgIpc) is 3.25. The minimum absolute atomic E-state index is 0.0368. The minimum Gasteiger partial charge on any atom is -0.472 e. The lowest BCUT2D eigenvalue weighted by molar-refractivity contribution is 0.0901. The SMILES string of the molecule is O=C(NCC(O)c1ccc(-c2ccco2)o1)c1ccoc1. The number of rotatable bonds is 5. The van der Waals surface area contributed by atoms with Gasteiger partial charge in [0.25, 0.3) is 5.91 Å². The Morgan fingerprint density at radius 2 is 2.10 bits per heavy atom. The lowest BCUT2D eigenvalue weighted by Gasteiger charge is -2.08. The van der Waals surface area contributed by atoms with Gasteiger partial charge in [-0.05, 0) is 30.3 Å². The molecule has 0 aliphatic carbocycles. The average molecular weight is 287 g/mol. The molecule has 0 aromatic carbocycles. The molecule has 3 rings (SSSR count). The summed E-state index contributed by atoms with van der Waals surface area (Å²) in [6.07, 6.45) is 3.35. The molecule has 6 nitrogen and oxygen atoms in total. The van der Waals surface area contributed by atoms with Gasteiger partial charge in [0, 0.05) is 0 Å². The molecule has 21 heavy (non-hydrogen) atoms. The highest BCUT2D eigenvalue weighted by molar-refractivity contribution is 5.93. The van der Waals surface area contributed by atoms with Crippen molar-refractivity contribution in [3.8, 4) is 11.5 Å². The maximum Gasteiger partial charge on any atom is 0.254 e. The second kappa shape index (κ2) is 5.72. The summed E-state index contributed by atoms with van der Waals surface area (Å²) in [6, 6.07) is 8.40. The molecule has 0 aliphatic rings. The van der Waals surface area contributed by atoms with E-state index in [1.807, 2.05) is 0 Å². The molecule has 2 N–H and O–H groups in total. The highest BCUT2D eigenvalue weighted by atomic mass is 16.4. The van der Waals surface area contributed by atoms with E-state index in [2.05, 4.69) is 5.32 Å². The molecule has 0 bridgehead atoms. The molecule has 0 saturated heterocycles. The fourth-order valence-corrected chi connectivity index (χ4v) is 1.87. The van der Waals surface area contributed by atoms with Crippen LogP contribution in [0, 0.1) is 0 Å². The van der Waals surface area contributed by atoms with E-state index in [1.165, 1.54) is 12.5 Å². The zero-order valence-corrected chi connectivity index (χ0v) is 11.0. The summed E-state index contributed by atoms with van der Waals surface area (Å²) in [5.74, 6) is 1.14. The molecule has 108 valence electrons. The molecule has 0 fully saturated rings. The molecular formula is C15H13NO5. The Morgan fingerprint density at radius 3 is 2.81 bits per heavy atom. The molecule has 0 radical (unpaired) electrons. The molecule has 0 spiro atoms. The standard InChI is InChI=1S/C15H13NO5/c17-11(8-16-15(18)10-5-7-19-9-10)12-3-4-14(21-12)13-2-1-6-20-13/h1-7,9,11,17H,8H2,(H,16,18). The van der Waals surface area contributed by atoms with Gasteiger partial charge in [-0.15, -0.1) is 0 Å². The summed E-state index contributed by atoms with van der Waals surface area (Å²) in [6.45, 7) is 0.0368. The van der Waals surface area contributed by atoms with Gasteiger partial charge in [-0.25, -0.2) is 0 Å². The second-order valence-corrected chi connectivity index (χ2v) is 4.42. The van der Waals surface area contributed by atoms with Crippen molar-refractivity contribution >= 4 is 5.91 Å². The van der Waals surface area contributed by atoms with E-state index in [0.29, 0.717) is 22.8 Å². The molecule has 3 aromatic heterocycles. The molecule has 1 amide bonds. The summed E-state index contributed by atoms with van der Waals surface area (Å²) in [7, 11) is 0. The third-order valence-corrected chi connectivity index (χ3v) is 2.96. The zero-order valence-electron chi connectivity index (χ0n) is 11.0. The van der Waals surface area contributed by atoms with Gasteiger partial charge in [0.1, 0.15) is 18.1 Å². The van der Waals surface area contributed by atoms with Gasteiger partial charge in [-0.2, -0.15) is 0 Å². The van der Waals surface area contributed by atoms with Crippen LogP contribution in [0.2, 0.25) is 0 Å². The van der Waals surface area contributed by atoms with Crippen LogP contribution in [0.15, 0.2) is 62.4 Å². The van der Waals surface area contributed by atoms with E-state index in [9.17, 15) is 9.90 Å². The number of hydrogen-bond acceptors (Lipinski definition) is 5. The number of carbonyl (C=O) groups excluding carboxylic acids is 1. The number of furan rings is 3. The van der Waals surface area contributed by atoms with Crippen molar-refractivity contribution in [2.45, 2.75) is 6.10 Å². The summed E-state index contributed by atoms with van der Waals surface area (Å²) < 4.78 is 15.5.